The smallest absolute Gasteiger partial charge is 0.226 e. The lowest BCUT2D eigenvalue weighted by atomic mass is 10.0. The SMILES string of the molecule is COc1ccc(CN(C)C(=O)C(C)C(C)N)cc1OC. The Balaban J connectivity index is 2.80. The second-order valence-electron chi connectivity index (χ2n) is 5.03. The molecule has 0 aliphatic carbocycles. The maximum absolute atomic E-state index is 12.2. The minimum atomic E-state index is -0.194. The Morgan fingerprint density at radius 3 is 2.35 bits per heavy atom. The lowest BCUT2D eigenvalue weighted by Crippen LogP contribution is -2.39. The van der Waals surface area contributed by atoms with E-state index in [1.54, 1.807) is 26.2 Å². The van der Waals surface area contributed by atoms with Crippen LogP contribution in [0.25, 0.3) is 0 Å². The van der Waals surface area contributed by atoms with Crippen molar-refractivity contribution in [1.82, 2.24) is 4.90 Å². The molecule has 0 bridgehead atoms. The summed E-state index contributed by atoms with van der Waals surface area (Å²) in [5.41, 5.74) is 6.75. The summed E-state index contributed by atoms with van der Waals surface area (Å²) >= 11 is 0. The maximum Gasteiger partial charge on any atom is 0.226 e. The standard InChI is InChI=1S/C15H24N2O3/c1-10(11(2)16)15(18)17(3)9-12-6-7-13(19-4)14(8-12)20-5/h6-8,10-11H,9,16H2,1-5H3. The van der Waals surface area contributed by atoms with E-state index in [0.29, 0.717) is 18.0 Å². The highest BCUT2D eigenvalue weighted by Crippen LogP contribution is 2.28. The molecule has 0 aromatic heterocycles. The number of carbonyl (C=O) groups is 1. The van der Waals surface area contributed by atoms with Crippen LogP contribution in [0.5, 0.6) is 11.5 Å². The van der Waals surface area contributed by atoms with E-state index in [2.05, 4.69) is 0 Å². The van der Waals surface area contributed by atoms with E-state index >= 15 is 0 Å². The zero-order valence-electron chi connectivity index (χ0n) is 12.8. The molecular weight excluding hydrogens is 256 g/mol. The van der Waals surface area contributed by atoms with Crippen molar-refractivity contribution in [3.8, 4) is 11.5 Å². The molecule has 0 aliphatic rings. The summed E-state index contributed by atoms with van der Waals surface area (Å²) in [6, 6.07) is 5.47. The quantitative estimate of drug-likeness (QED) is 0.860. The molecule has 1 amide bonds. The molecule has 112 valence electrons. The Labute approximate surface area is 120 Å². The van der Waals surface area contributed by atoms with E-state index in [1.165, 1.54) is 0 Å². The van der Waals surface area contributed by atoms with Gasteiger partial charge >= 0.3 is 0 Å². The molecule has 2 N–H and O–H groups in total. The fourth-order valence-electron chi connectivity index (χ4n) is 1.90. The molecule has 0 fully saturated rings. The lowest BCUT2D eigenvalue weighted by Gasteiger charge is -2.23. The summed E-state index contributed by atoms with van der Waals surface area (Å²) in [6.45, 7) is 4.20. The van der Waals surface area contributed by atoms with Crippen LogP contribution in [-0.2, 0) is 11.3 Å². The van der Waals surface area contributed by atoms with Crippen molar-refractivity contribution >= 4 is 5.91 Å². The van der Waals surface area contributed by atoms with E-state index in [0.717, 1.165) is 5.56 Å². The van der Waals surface area contributed by atoms with Crippen LogP contribution >= 0.6 is 0 Å². The van der Waals surface area contributed by atoms with Crippen LogP contribution in [-0.4, -0.2) is 38.1 Å². The van der Waals surface area contributed by atoms with Crippen LogP contribution in [0.1, 0.15) is 19.4 Å². The molecule has 5 nitrogen and oxygen atoms in total. The van der Waals surface area contributed by atoms with E-state index in [4.69, 9.17) is 15.2 Å². The molecule has 0 radical (unpaired) electrons. The van der Waals surface area contributed by atoms with Gasteiger partial charge < -0.3 is 20.1 Å². The average Bonchev–Trinajstić information content (AvgIpc) is 2.45. The number of hydrogen-bond donors (Lipinski definition) is 1. The first-order chi connectivity index (χ1) is 9.40. The van der Waals surface area contributed by atoms with Crippen LogP contribution in [0.3, 0.4) is 0 Å². The number of hydrogen-bond acceptors (Lipinski definition) is 4. The minimum absolute atomic E-state index is 0.0368. The number of nitrogens with two attached hydrogens (primary N) is 1. The fourth-order valence-corrected chi connectivity index (χ4v) is 1.90. The van der Waals surface area contributed by atoms with Gasteiger partial charge in [0.2, 0.25) is 5.91 Å². The summed E-state index contributed by atoms with van der Waals surface area (Å²) in [7, 11) is 4.96. The molecule has 0 aliphatic heterocycles. The van der Waals surface area contributed by atoms with Gasteiger partial charge in [0.25, 0.3) is 0 Å². The third-order valence-corrected chi connectivity index (χ3v) is 3.42. The number of carbonyl (C=O) groups excluding carboxylic acids is 1. The van der Waals surface area contributed by atoms with E-state index in [1.807, 2.05) is 32.0 Å². The summed E-state index contributed by atoms with van der Waals surface area (Å²) in [5.74, 6) is 1.18. The van der Waals surface area contributed by atoms with Crippen LogP contribution in [0.15, 0.2) is 18.2 Å². The Morgan fingerprint density at radius 2 is 1.85 bits per heavy atom. The second-order valence-corrected chi connectivity index (χ2v) is 5.03. The zero-order chi connectivity index (χ0) is 15.3. The molecule has 1 rings (SSSR count). The average molecular weight is 280 g/mol. The molecule has 5 heteroatoms. The maximum atomic E-state index is 12.2. The van der Waals surface area contributed by atoms with Crippen molar-refractivity contribution in [2.45, 2.75) is 26.4 Å². The summed E-state index contributed by atoms with van der Waals surface area (Å²) in [5, 5.41) is 0. The van der Waals surface area contributed by atoms with Gasteiger partial charge in [-0.2, -0.15) is 0 Å². The number of ether oxygens (including phenoxy) is 2. The predicted octanol–water partition coefficient (Wildman–Crippen LogP) is 1.65. The van der Waals surface area contributed by atoms with Crippen LogP contribution in [0.2, 0.25) is 0 Å². The van der Waals surface area contributed by atoms with Gasteiger partial charge in [0.1, 0.15) is 0 Å². The molecule has 2 unspecified atom stereocenters. The Hall–Kier alpha value is -1.75. The highest BCUT2D eigenvalue weighted by Gasteiger charge is 2.21. The largest absolute Gasteiger partial charge is 0.493 e. The molecule has 1 aromatic carbocycles. The third-order valence-electron chi connectivity index (χ3n) is 3.42. The third kappa shape index (κ3) is 3.87. The first-order valence-corrected chi connectivity index (χ1v) is 6.62. The van der Waals surface area contributed by atoms with E-state index < -0.39 is 0 Å². The monoisotopic (exact) mass is 280 g/mol. The molecule has 1 aromatic rings. The van der Waals surface area contributed by atoms with Gasteiger partial charge in [-0.1, -0.05) is 13.0 Å². The highest BCUT2D eigenvalue weighted by atomic mass is 16.5. The van der Waals surface area contributed by atoms with Gasteiger partial charge in [0.15, 0.2) is 11.5 Å². The number of amides is 1. The van der Waals surface area contributed by atoms with Gasteiger partial charge in [-0.25, -0.2) is 0 Å². The van der Waals surface area contributed by atoms with Crippen LogP contribution < -0.4 is 15.2 Å². The van der Waals surface area contributed by atoms with Crippen LogP contribution in [0, 0.1) is 5.92 Å². The van der Waals surface area contributed by atoms with Crippen molar-refractivity contribution in [2.75, 3.05) is 21.3 Å². The van der Waals surface area contributed by atoms with Crippen LogP contribution in [0.4, 0.5) is 0 Å². The van der Waals surface area contributed by atoms with Crippen molar-refractivity contribution in [3.63, 3.8) is 0 Å². The van der Waals surface area contributed by atoms with Crippen molar-refractivity contribution in [1.29, 1.82) is 0 Å². The topological polar surface area (TPSA) is 64.8 Å². The highest BCUT2D eigenvalue weighted by molar-refractivity contribution is 5.78. The molecule has 0 spiro atoms. The molecule has 2 atom stereocenters. The van der Waals surface area contributed by atoms with E-state index in [9.17, 15) is 4.79 Å². The normalized spacial score (nSPS) is 13.5. The van der Waals surface area contributed by atoms with Gasteiger partial charge in [0.05, 0.1) is 20.1 Å². The second kappa shape index (κ2) is 7.14. The minimum Gasteiger partial charge on any atom is -0.493 e. The van der Waals surface area contributed by atoms with Gasteiger partial charge in [-0.15, -0.1) is 0 Å². The molecule has 20 heavy (non-hydrogen) atoms. The number of rotatable bonds is 6. The van der Waals surface area contributed by atoms with Gasteiger partial charge in [-0.3, -0.25) is 4.79 Å². The Kier molecular flexibility index (Phi) is 5.82. The summed E-state index contributed by atoms with van der Waals surface area (Å²) < 4.78 is 10.4. The Bertz CT molecular complexity index is 460. The fraction of sp³-hybridized carbons (Fsp3) is 0.533. The van der Waals surface area contributed by atoms with Gasteiger partial charge in [-0.05, 0) is 24.6 Å². The molecule has 0 saturated carbocycles. The lowest BCUT2D eigenvalue weighted by molar-refractivity contribution is -0.134. The molecule has 0 saturated heterocycles. The molecular formula is C15H24N2O3. The zero-order valence-corrected chi connectivity index (χ0v) is 12.8. The predicted molar refractivity (Wildman–Crippen MR) is 78.8 cm³/mol. The van der Waals surface area contributed by atoms with Gasteiger partial charge in [0, 0.05) is 19.6 Å². The van der Waals surface area contributed by atoms with Crippen molar-refractivity contribution in [2.24, 2.45) is 11.7 Å². The number of nitrogens with zero attached hydrogens (tertiary/aromatic N) is 1. The summed E-state index contributed by atoms with van der Waals surface area (Å²) in [6.07, 6.45) is 0. The van der Waals surface area contributed by atoms with E-state index in [-0.39, 0.29) is 17.9 Å². The Morgan fingerprint density at radius 1 is 1.25 bits per heavy atom. The number of benzene rings is 1. The molecule has 0 heterocycles. The first-order valence-electron chi connectivity index (χ1n) is 6.62. The van der Waals surface area contributed by atoms with Crippen molar-refractivity contribution < 1.29 is 14.3 Å². The van der Waals surface area contributed by atoms with Crippen molar-refractivity contribution in [3.05, 3.63) is 23.8 Å². The summed E-state index contributed by atoms with van der Waals surface area (Å²) in [4.78, 5) is 13.8. The first kappa shape index (κ1) is 16.3. The number of methoxy groups -OCH3 is 2.